The molecular formula is C38H36N2O6S. The number of hydrogen-bond acceptors (Lipinski definition) is 5. The Morgan fingerprint density at radius 3 is 2.34 bits per heavy atom. The zero-order valence-corrected chi connectivity index (χ0v) is 26.6. The number of fused-ring (bicyclic) bond motifs is 1. The van der Waals surface area contributed by atoms with Crippen LogP contribution in [0.15, 0.2) is 114 Å². The van der Waals surface area contributed by atoms with Crippen LogP contribution in [0.5, 0.6) is 0 Å². The zero-order chi connectivity index (χ0) is 32.6. The van der Waals surface area contributed by atoms with Crippen molar-refractivity contribution in [2.24, 2.45) is 0 Å². The van der Waals surface area contributed by atoms with Gasteiger partial charge in [0.05, 0.1) is 12.5 Å². The number of anilines is 1. The van der Waals surface area contributed by atoms with Crippen LogP contribution in [-0.4, -0.2) is 33.7 Å². The molecule has 2 amide bonds. The summed E-state index contributed by atoms with van der Waals surface area (Å²) in [5.41, 5.74) is 7.24. The largest absolute Gasteiger partial charge is 0.456 e. The van der Waals surface area contributed by atoms with Crippen LogP contribution in [-0.2, 0) is 26.8 Å². The van der Waals surface area contributed by atoms with Gasteiger partial charge >= 0.3 is 11.4 Å². The number of allylic oxidation sites excluding steroid dienone is 2. The number of rotatable bonds is 12. The van der Waals surface area contributed by atoms with Gasteiger partial charge in [-0.15, -0.1) is 0 Å². The summed E-state index contributed by atoms with van der Waals surface area (Å²) in [6.07, 6.45) is 7.34. The predicted molar refractivity (Wildman–Crippen MR) is 185 cm³/mol. The van der Waals surface area contributed by atoms with Crippen molar-refractivity contribution in [3.8, 4) is 11.3 Å². The van der Waals surface area contributed by atoms with Crippen molar-refractivity contribution >= 4 is 45.4 Å². The lowest BCUT2D eigenvalue weighted by atomic mass is 9.88. The third-order valence-corrected chi connectivity index (χ3v) is 8.75. The zero-order valence-electron chi connectivity index (χ0n) is 25.8. The lowest BCUT2D eigenvalue weighted by Crippen LogP contribution is -2.27. The molecule has 4 aromatic carbocycles. The smallest absolute Gasteiger partial charge is 0.301 e. The highest BCUT2D eigenvalue weighted by Crippen LogP contribution is 2.31. The van der Waals surface area contributed by atoms with Crippen molar-refractivity contribution in [3.63, 3.8) is 0 Å². The number of carbonyl (C=O) groups excluding carboxylic acids is 2. The molecule has 0 saturated carbocycles. The first-order valence-electron chi connectivity index (χ1n) is 15.7. The standard InChI is InChI=1S/C38H36N2O6S/c41-37(39-22-23-45-47(43)44)31-12-10-26(11-13-31)24-34(29-16-14-28(15-17-29)27-6-2-1-3-7-27)38(42)40-33-20-18-30(19-21-33)36-25-32-8-4-5-9-35(32)46-36/h4-6,8-21,25,34H,1-3,7,22-24H2,(H,39,41)(H,40,42)(H,43,44). The molecule has 0 aliphatic heterocycles. The summed E-state index contributed by atoms with van der Waals surface area (Å²) in [5, 5.41) is 6.80. The SMILES string of the molecule is O=C(NCCOS(=O)O)c1ccc(CC(C(=O)Nc2ccc(-c3cc4ccccc4o3)cc2)c2ccc(C3=CCCCC3)cc2)cc1. The van der Waals surface area contributed by atoms with E-state index in [-0.39, 0.29) is 25.0 Å². The molecule has 9 heteroatoms. The molecule has 3 N–H and O–H groups in total. The van der Waals surface area contributed by atoms with Crippen LogP contribution in [0.1, 0.15) is 58.6 Å². The molecule has 5 aromatic rings. The first-order chi connectivity index (χ1) is 22.9. The van der Waals surface area contributed by atoms with Crippen LogP contribution in [0, 0.1) is 0 Å². The van der Waals surface area contributed by atoms with E-state index >= 15 is 0 Å². The second kappa shape index (κ2) is 15.2. The van der Waals surface area contributed by atoms with Crippen molar-refractivity contribution in [2.45, 2.75) is 38.0 Å². The fourth-order valence-electron chi connectivity index (χ4n) is 5.87. The van der Waals surface area contributed by atoms with Crippen LogP contribution >= 0.6 is 0 Å². The summed E-state index contributed by atoms with van der Waals surface area (Å²) in [6, 6.07) is 32.9. The van der Waals surface area contributed by atoms with Gasteiger partial charge in [0.25, 0.3) is 5.91 Å². The Kier molecular flexibility index (Phi) is 10.4. The summed E-state index contributed by atoms with van der Waals surface area (Å²) in [4.78, 5) is 26.4. The van der Waals surface area contributed by atoms with E-state index in [2.05, 4.69) is 33.0 Å². The van der Waals surface area contributed by atoms with Gasteiger partial charge in [0.2, 0.25) is 5.91 Å². The van der Waals surface area contributed by atoms with E-state index in [4.69, 9.17) is 8.97 Å². The van der Waals surface area contributed by atoms with Crippen LogP contribution < -0.4 is 10.6 Å². The number of furan rings is 1. The molecule has 0 spiro atoms. The Morgan fingerprint density at radius 1 is 0.894 bits per heavy atom. The molecule has 240 valence electrons. The van der Waals surface area contributed by atoms with Crippen molar-refractivity contribution < 1.29 is 27.0 Å². The number of amides is 2. The molecule has 0 radical (unpaired) electrons. The van der Waals surface area contributed by atoms with Crippen molar-refractivity contribution in [2.75, 3.05) is 18.5 Å². The average Bonchev–Trinajstić information content (AvgIpc) is 3.54. The number of hydrogen-bond donors (Lipinski definition) is 3. The van der Waals surface area contributed by atoms with Gasteiger partial charge in [-0.25, -0.2) is 0 Å². The monoisotopic (exact) mass is 648 g/mol. The maximum Gasteiger partial charge on any atom is 0.301 e. The molecule has 2 atom stereocenters. The predicted octanol–water partition coefficient (Wildman–Crippen LogP) is 7.91. The van der Waals surface area contributed by atoms with E-state index < -0.39 is 17.3 Å². The summed E-state index contributed by atoms with van der Waals surface area (Å²) in [5.74, 6) is -0.163. The molecule has 0 bridgehead atoms. The minimum Gasteiger partial charge on any atom is -0.456 e. The maximum atomic E-state index is 13.9. The first-order valence-corrected chi connectivity index (χ1v) is 16.8. The third kappa shape index (κ3) is 8.31. The van der Waals surface area contributed by atoms with Crippen LogP contribution in [0.3, 0.4) is 0 Å². The van der Waals surface area contributed by atoms with E-state index in [9.17, 15) is 13.8 Å². The number of benzene rings is 4. The van der Waals surface area contributed by atoms with Crippen molar-refractivity contribution in [1.82, 2.24) is 5.32 Å². The molecule has 8 nitrogen and oxygen atoms in total. The number of carbonyl (C=O) groups is 2. The Morgan fingerprint density at radius 2 is 1.64 bits per heavy atom. The summed E-state index contributed by atoms with van der Waals surface area (Å²) in [7, 11) is 0. The van der Waals surface area contributed by atoms with Crippen molar-refractivity contribution in [3.05, 3.63) is 131 Å². The highest BCUT2D eigenvalue weighted by molar-refractivity contribution is 7.74. The quantitative estimate of drug-likeness (QED) is 0.0935. The van der Waals surface area contributed by atoms with Gasteiger partial charge in [-0.2, -0.15) is 4.21 Å². The van der Waals surface area contributed by atoms with Crippen LogP contribution in [0.4, 0.5) is 5.69 Å². The summed E-state index contributed by atoms with van der Waals surface area (Å²) < 4.78 is 29.9. The fourth-order valence-corrected chi connectivity index (χ4v) is 6.10. The lowest BCUT2D eigenvalue weighted by Gasteiger charge is -2.19. The first kappa shape index (κ1) is 32.1. The molecule has 1 aliphatic rings. The second-order valence-corrected chi connectivity index (χ2v) is 12.2. The average molecular weight is 649 g/mol. The summed E-state index contributed by atoms with van der Waals surface area (Å²) >= 11 is -2.37. The Hall–Kier alpha value is -4.83. The molecule has 1 aromatic heterocycles. The fraction of sp³-hybridized carbons (Fsp3) is 0.211. The van der Waals surface area contributed by atoms with Gasteiger partial charge in [-0.3, -0.25) is 18.3 Å². The highest BCUT2D eigenvalue weighted by Gasteiger charge is 2.22. The molecule has 0 saturated heterocycles. The Balaban J connectivity index is 1.18. The van der Waals surface area contributed by atoms with E-state index in [0.717, 1.165) is 46.3 Å². The van der Waals surface area contributed by atoms with Gasteiger partial charge in [-0.05, 0) is 103 Å². The molecule has 0 fully saturated rings. The van der Waals surface area contributed by atoms with Crippen LogP contribution in [0.25, 0.3) is 27.9 Å². The lowest BCUT2D eigenvalue weighted by molar-refractivity contribution is -0.117. The van der Waals surface area contributed by atoms with Gasteiger partial charge < -0.3 is 15.1 Å². The van der Waals surface area contributed by atoms with E-state index in [1.54, 1.807) is 12.1 Å². The second-order valence-electron chi connectivity index (χ2n) is 11.6. The van der Waals surface area contributed by atoms with E-state index in [1.807, 2.05) is 78.9 Å². The minimum atomic E-state index is -2.37. The van der Waals surface area contributed by atoms with Crippen molar-refractivity contribution in [1.29, 1.82) is 0 Å². The van der Waals surface area contributed by atoms with E-state index in [0.29, 0.717) is 17.7 Å². The Labute approximate surface area is 276 Å². The highest BCUT2D eigenvalue weighted by atomic mass is 32.2. The molecule has 1 heterocycles. The van der Waals surface area contributed by atoms with Crippen LogP contribution in [0.2, 0.25) is 0 Å². The van der Waals surface area contributed by atoms with Gasteiger partial charge in [0, 0.05) is 28.7 Å². The number of para-hydroxylation sites is 1. The molecular weight excluding hydrogens is 612 g/mol. The molecule has 1 aliphatic carbocycles. The minimum absolute atomic E-state index is 0.0809. The topological polar surface area (TPSA) is 118 Å². The third-order valence-electron chi connectivity index (χ3n) is 8.38. The summed E-state index contributed by atoms with van der Waals surface area (Å²) in [6.45, 7) is 0.0176. The van der Waals surface area contributed by atoms with E-state index in [1.165, 1.54) is 24.0 Å². The Bertz CT molecular complexity index is 1860. The maximum absolute atomic E-state index is 13.9. The number of nitrogens with one attached hydrogen (secondary N) is 2. The molecule has 2 unspecified atom stereocenters. The van der Waals surface area contributed by atoms with Gasteiger partial charge in [-0.1, -0.05) is 60.7 Å². The van der Waals surface area contributed by atoms with Gasteiger partial charge in [0.1, 0.15) is 11.3 Å². The molecule has 47 heavy (non-hydrogen) atoms. The molecule has 6 rings (SSSR count). The normalized spacial score (nSPS) is 14.3. The van der Waals surface area contributed by atoms with Gasteiger partial charge in [0.15, 0.2) is 0 Å².